The summed E-state index contributed by atoms with van der Waals surface area (Å²) in [5.41, 5.74) is 2.45. The van der Waals surface area contributed by atoms with Crippen molar-refractivity contribution in [1.82, 2.24) is 5.01 Å². The zero-order valence-electron chi connectivity index (χ0n) is 7.76. The maximum atomic E-state index is 4.44. The molecule has 62 valence electrons. The van der Waals surface area contributed by atoms with E-state index in [-0.39, 0.29) is 0 Å². The number of allylic oxidation sites excluding steroid dienone is 1. The zero-order chi connectivity index (χ0) is 8.43. The summed E-state index contributed by atoms with van der Waals surface area (Å²) in [6.07, 6.45) is 2.22. The lowest BCUT2D eigenvalue weighted by Crippen LogP contribution is -2.29. The lowest BCUT2D eigenvalue weighted by Gasteiger charge is -2.26. The second-order valence-corrected chi connectivity index (χ2v) is 3.29. The highest BCUT2D eigenvalue weighted by Gasteiger charge is 2.10. The van der Waals surface area contributed by atoms with Crippen LogP contribution in [0.2, 0.25) is 0 Å². The topological polar surface area (TPSA) is 15.6 Å². The van der Waals surface area contributed by atoms with Crippen LogP contribution in [-0.4, -0.2) is 23.3 Å². The Labute approximate surface area is 68.6 Å². The number of hydrogen-bond donors (Lipinski definition) is 0. The second kappa shape index (κ2) is 3.07. The number of hydrazone groups is 1. The first kappa shape index (κ1) is 8.31. The smallest absolute Gasteiger partial charge is 0.0601 e. The Balaban J connectivity index is 2.69. The molecular weight excluding hydrogens is 136 g/mol. The van der Waals surface area contributed by atoms with Gasteiger partial charge in [-0.1, -0.05) is 6.08 Å². The van der Waals surface area contributed by atoms with Crippen LogP contribution in [-0.2, 0) is 0 Å². The molecule has 1 aliphatic rings. The first-order chi connectivity index (χ1) is 5.11. The maximum absolute atomic E-state index is 4.44. The Morgan fingerprint density at radius 1 is 1.45 bits per heavy atom. The molecule has 0 aliphatic carbocycles. The predicted octanol–water partition coefficient (Wildman–Crippen LogP) is 2.03. The van der Waals surface area contributed by atoms with Crippen molar-refractivity contribution in [3.05, 3.63) is 11.6 Å². The highest BCUT2D eigenvalue weighted by atomic mass is 15.5. The first-order valence-electron chi connectivity index (χ1n) is 4.10. The highest BCUT2D eigenvalue weighted by molar-refractivity contribution is 5.97. The molecular formula is C9H16N2. The molecule has 0 spiro atoms. The van der Waals surface area contributed by atoms with Gasteiger partial charge in [0.25, 0.3) is 0 Å². The number of rotatable bonds is 1. The summed E-state index contributed by atoms with van der Waals surface area (Å²) in [7, 11) is 0. The van der Waals surface area contributed by atoms with Gasteiger partial charge in [0.05, 0.1) is 12.3 Å². The Kier molecular flexibility index (Phi) is 2.32. The van der Waals surface area contributed by atoms with Crippen molar-refractivity contribution in [1.29, 1.82) is 0 Å². The molecule has 2 heteroatoms. The fraction of sp³-hybridized carbons (Fsp3) is 0.667. The van der Waals surface area contributed by atoms with Gasteiger partial charge in [0, 0.05) is 6.04 Å². The maximum Gasteiger partial charge on any atom is 0.0601 e. The molecule has 1 aliphatic heterocycles. The molecule has 1 rings (SSSR count). The molecule has 11 heavy (non-hydrogen) atoms. The van der Waals surface area contributed by atoms with E-state index in [0.29, 0.717) is 6.04 Å². The number of nitrogens with zero attached hydrogens (tertiary/aromatic N) is 2. The van der Waals surface area contributed by atoms with Crippen molar-refractivity contribution in [2.75, 3.05) is 6.54 Å². The van der Waals surface area contributed by atoms with Crippen molar-refractivity contribution in [2.24, 2.45) is 5.10 Å². The summed E-state index contributed by atoms with van der Waals surface area (Å²) in [6, 6.07) is 0.509. The van der Waals surface area contributed by atoms with Crippen LogP contribution in [0, 0.1) is 0 Å². The largest absolute Gasteiger partial charge is 0.290 e. The van der Waals surface area contributed by atoms with E-state index in [0.717, 1.165) is 12.3 Å². The van der Waals surface area contributed by atoms with Crippen LogP contribution in [0.5, 0.6) is 0 Å². The third-order valence-corrected chi connectivity index (χ3v) is 2.03. The van der Waals surface area contributed by atoms with Crippen molar-refractivity contribution in [2.45, 2.75) is 33.7 Å². The fourth-order valence-corrected chi connectivity index (χ4v) is 1.02. The normalized spacial score (nSPS) is 18.5. The minimum atomic E-state index is 0.509. The molecule has 0 bridgehead atoms. The summed E-state index contributed by atoms with van der Waals surface area (Å²) in [5.74, 6) is 0. The van der Waals surface area contributed by atoms with Crippen molar-refractivity contribution in [3.63, 3.8) is 0 Å². The molecule has 0 atom stereocenters. The lowest BCUT2D eigenvalue weighted by molar-refractivity contribution is 0.255. The zero-order valence-corrected chi connectivity index (χ0v) is 7.76. The Hall–Kier alpha value is -0.790. The third kappa shape index (κ3) is 1.82. The molecule has 0 aromatic rings. The van der Waals surface area contributed by atoms with Crippen molar-refractivity contribution in [3.8, 4) is 0 Å². The van der Waals surface area contributed by atoms with E-state index in [9.17, 15) is 0 Å². The van der Waals surface area contributed by atoms with Crippen LogP contribution in [0.15, 0.2) is 16.8 Å². The molecule has 0 radical (unpaired) electrons. The number of hydrogen-bond acceptors (Lipinski definition) is 2. The van der Waals surface area contributed by atoms with E-state index in [4.69, 9.17) is 0 Å². The first-order valence-corrected chi connectivity index (χ1v) is 4.10. The molecule has 0 saturated heterocycles. The Morgan fingerprint density at radius 2 is 2.09 bits per heavy atom. The van der Waals surface area contributed by atoms with Crippen LogP contribution >= 0.6 is 0 Å². The van der Waals surface area contributed by atoms with Crippen LogP contribution < -0.4 is 0 Å². The van der Waals surface area contributed by atoms with Gasteiger partial charge in [-0.3, -0.25) is 5.01 Å². The molecule has 0 aromatic carbocycles. The second-order valence-electron chi connectivity index (χ2n) is 3.29. The molecule has 0 aromatic heterocycles. The Morgan fingerprint density at radius 3 is 2.55 bits per heavy atom. The SMILES string of the molecule is CC1=CCN(C(C)C)N=C1C. The highest BCUT2D eigenvalue weighted by Crippen LogP contribution is 2.09. The minimum absolute atomic E-state index is 0.509. The molecule has 0 fully saturated rings. The molecule has 0 saturated carbocycles. The summed E-state index contributed by atoms with van der Waals surface area (Å²) in [5, 5.41) is 6.54. The molecule has 1 heterocycles. The van der Waals surface area contributed by atoms with Crippen molar-refractivity contribution < 1.29 is 0 Å². The van der Waals surface area contributed by atoms with Gasteiger partial charge < -0.3 is 0 Å². The average molecular weight is 152 g/mol. The van der Waals surface area contributed by atoms with E-state index in [1.165, 1.54) is 5.57 Å². The summed E-state index contributed by atoms with van der Waals surface area (Å²) >= 11 is 0. The van der Waals surface area contributed by atoms with E-state index in [1.807, 2.05) is 0 Å². The Bertz CT molecular complexity index is 202. The summed E-state index contributed by atoms with van der Waals surface area (Å²) < 4.78 is 0. The summed E-state index contributed by atoms with van der Waals surface area (Å²) in [4.78, 5) is 0. The van der Waals surface area contributed by atoms with Gasteiger partial charge in [-0.15, -0.1) is 0 Å². The predicted molar refractivity (Wildman–Crippen MR) is 48.7 cm³/mol. The minimum Gasteiger partial charge on any atom is -0.290 e. The molecule has 0 N–H and O–H groups in total. The molecule has 0 amide bonds. The fourth-order valence-electron chi connectivity index (χ4n) is 1.02. The van der Waals surface area contributed by atoms with Crippen LogP contribution in [0.4, 0.5) is 0 Å². The van der Waals surface area contributed by atoms with Crippen LogP contribution in [0.1, 0.15) is 27.7 Å². The standard InChI is InChI=1S/C9H16N2/c1-7(2)11-6-5-8(3)9(4)10-11/h5,7H,6H2,1-4H3. The van der Waals surface area contributed by atoms with E-state index in [2.05, 4.69) is 43.9 Å². The quantitative estimate of drug-likeness (QED) is 0.561. The lowest BCUT2D eigenvalue weighted by atomic mass is 10.1. The van der Waals surface area contributed by atoms with Gasteiger partial charge in [0.1, 0.15) is 0 Å². The molecule has 0 unspecified atom stereocenters. The van der Waals surface area contributed by atoms with Crippen molar-refractivity contribution >= 4 is 5.71 Å². The van der Waals surface area contributed by atoms with Gasteiger partial charge in [-0.05, 0) is 33.3 Å². The van der Waals surface area contributed by atoms with Crippen LogP contribution in [0.3, 0.4) is 0 Å². The average Bonchev–Trinajstić information content (AvgIpc) is 1.94. The monoisotopic (exact) mass is 152 g/mol. The van der Waals surface area contributed by atoms with E-state index < -0.39 is 0 Å². The van der Waals surface area contributed by atoms with E-state index >= 15 is 0 Å². The third-order valence-electron chi connectivity index (χ3n) is 2.03. The van der Waals surface area contributed by atoms with Gasteiger partial charge in [-0.2, -0.15) is 5.10 Å². The van der Waals surface area contributed by atoms with Gasteiger partial charge in [-0.25, -0.2) is 0 Å². The van der Waals surface area contributed by atoms with Gasteiger partial charge in [0.2, 0.25) is 0 Å². The van der Waals surface area contributed by atoms with E-state index in [1.54, 1.807) is 0 Å². The molecule has 2 nitrogen and oxygen atoms in total. The van der Waals surface area contributed by atoms with Gasteiger partial charge >= 0.3 is 0 Å². The van der Waals surface area contributed by atoms with Gasteiger partial charge in [0.15, 0.2) is 0 Å². The van der Waals surface area contributed by atoms with Crippen LogP contribution in [0.25, 0.3) is 0 Å². The summed E-state index contributed by atoms with van der Waals surface area (Å²) in [6.45, 7) is 9.44.